The second-order valence-corrected chi connectivity index (χ2v) is 5.15. The van der Waals surface area contributed by atoms with Crippen molar-refractivity contribution >= 4 is 5.78 Å². The highest BCUT2D eigenvalue weighted by atomic mass is 16.1. The van der Waals surface area contributed by atoms with E-state index in [9.17, 15) is 4.79 Å². The highest BCUT2D eigenvalue weighted by Gasteiger charge is 2.28. The number of allylic oxidation sites excluding steroid dienone is 2. The van der Waals surface area contributed by atoms with E-state index in [0.717, 1.165) is 30.6 Å². The third-order valence-electron chi connectivity index (χ3n) is 4.13. The van der Waals surface area contributed by atoms with E-state index in [1.54, 1.807) is 0 Å². The molecule has 0 bridgehead atoms. The Kier molecular flexibility index (Phi) is 2.76. The Labute approximate surface area is 86.6 Å². The Bertz CT molecular complexity index is 264. The van der Waals surface area contributed by atoms with Crippen LogP contribution in [0.1, 0.15) is 46.0 Å². The van der Waals surface area contributed by atoms with Gasteiger partial charge < -0.3 is 0 Å². The van der Waals surface area contributed by atoms with Crippen LogP contribution >= 0.6 is 0 Å². The molecule has 3 unspecified atom stereocenters. The van der Waals surface area contributed by atoms with Gasteiger partial charge in [-0.2, -0.15) is 0 Å². The number of hydrogen-bond donors (Lipinski definition) is 0. The van der Waals surface area contributed by atoms with Gasteiger partial charge in [0, 0.05) is 6.42 Å². The van der Waals surface area contributed by atoms with Crippen molar-refractivity contribution in [3.8, 4) is 0 Å². The third kappa shape index (κ3) is 1.92. The molecule has 3 atom stereocenters. The first-order chi connectivity index (χ1) is 6.66. The fourth-order valence-electron chi connectivity index (χ4n) is 2.82. The van der Waals surface area contributed by atoms with Crippen LogP contribution in [0.15, 0.2) is 11.6 Å². The normalized spacial score (nSPS) is 38.6. The van der Waals surface area contributed by atoms with Crippen molar-refractivity contribution < 1.29 is 4.79 Å². The fourth-order valence-corrected chi connectivity index (χ4v) is 2.82. The number of carbonyl (C=O) groups is 1. The molecule has 2 aliphatic carbocycles. The van der Waals surface area contributed by atoms with Gasteiger partial charge in [-0.15, -0.1) is 0 Å². The SMILES string of the molecule is CC1CCC(C2=CC(=O)CC2)CC1C. The summed E-state index contributed by atoms with van der Waals surface area (Å²) >= 11 is 0. The zero-order chi connectivity index (χ0) is 10.1. The Balaban J connectivity index is 2.00. The van der Waals surface area contributed by atoms with Crippen LogP contribution in [-0.2, 0) is 4.79 Å². The summed E-state index contributed by atoms with van der Waals surface area (Å²) in [5, 5.41) is 0. The van der Waals surface area contributed by atoms with Crippen LogP contribution < -0.4 is 0 Å². The molecule has 0 saturated heterocycles. The minimum Gasteiger partial charge on any atom is -0.295 e. The Morgan fingerprint density at radius 1 is 1.14 bits per heavy atom. The zero-order valence-corrected chi connectivity index (χ0v) is 9.25. The lowest BCUT2D eigenvalue weighted by Crippen LogP contribution is -2.21. The lowest BCUT2D eigenvalue weighted by Gasteiger charge is -2.32. The molecule has 0 amide bonds. The highest BCUT2D eigenvalue weighted by molar-refractivity contribution is 5.93. The average Bonchev–Trinajstić information content (AvgIpc) is 2.57. The van der Waals surface area contributed by atoms with Gasteiger partial charge in [0.1, 0.15) is 0 Å². The van der Waals surface area contributed by atoms with Crippen molar-refractivity contribution in [3.63, 3.8) is 0 Å². The Hall–Kier alpha value is -0.590. The third-order valence-corrected chi connectivity index (χ3v) is 4.13. The van der Waals surface area contributed by atoms with Crippen molar-refractivity contribution in [1.82, 2.24) is 0 Å². The van der Waals surface area contributed by atoms with Gasteiger partial charge >= 0.3 is 0 Å². The largest absolute Gasteiger partial charge is 0.295 e. The second-order valence-electron chi connectivity index (χ2n) is 5.15. The van der Waals surface area contributed by atoms with Crippen LogP contribution in [0.5, 0.6) is 0 Å². The van der Waals surface area contributed by atoms with Crippen molar-refractivity contribution in [2.75, 3.05) is 0 Å². The van der Waals surface area contributed by atoms with Gasteiger partial charge in [0.25, 0.3) is 0 Å². The molecular weight excluding hydrogens is 172 g/mol. The van der Waals surface area contributed by atoms with Crippen molar-refractivity contribution in [2.45, 2.75) is 46.0 Å². The summed E-state index contributed by atoms with van der Waals surface area (Å²) in [7, 11) is 0. The smallest absolute Gasteiger partial charge is 0.155 e. The van der Waals surface area contributed by atoms with E-state index in [-0.39, 0.29) is 0 Å². The first-order valence-electron chi connectivity index (χ1n) is 5.90. The van der Waals surface area contributed by atoms with Gasteiger partial charge in [0.2, 0.25) is 0 Å². The van der Waals surface area contributed by atoms with Crippen LogP contribution in [0, 0.1) is 17.8 Å². The quantitative estimate of drug-likeness (QED) is 0.622. The van der Waals surface area contributed by atoms with Crippen molar-refractivity contribution in [3.05, 3.63) is 11.6 Å². The summed E-state index contributed by atoms with van der Waals surface area (Å²) in [6, 6.07) is 0. The summed E-state index contributed by atoms with van der Waals surface area (Å²) < 4.78 is 0. The first-order valence-corrected chi connectivity index (χ1v) is 5.90. The van der Waals surface area contributed by atoms with Gasteiger partial charge in [-0.1, -0.05) is 19.4 Å². The lowest BCUT2D eigenvalue weighted by atomic mass is 9.73. The molecule has 2 rings (SSSR count). The summed E-state index contributed by atoms with van der Waals surface area (Å²) in [5.74, 6) is 2.80. The molecule has 0 spiro atoms. The predicted octanol–water partition coefficient (Wildman–Crippen LogP) is 3.35. The van der Waals surface area contributed by atoms with Crippen LogP contribution in [0.3, 0.4) is 0 Å². The Morgan fingerprint density at radius 2 is 1.93 bits per heavy atom. The van der Waals surface area contributed by atoms with Gasteiger partial charge in [-0.25, -0.2) is 0 Å². The molecule has 0 radical (unpaired) electrons. The molecule has 14 heavy (non-hydrogen) atoms. The molecule has 78 valence electrons. The topological polar surface area (TPSA) is 17.1 Å². The molecule has 1 fully saturated rings. The monoisotopic (exact) mass is 192 g/mol. The standard InChI is InChI=1S/C13H20O/c1-9-3-4-11(7-10(9)2)12-5-6-13(14)8-12/h8-11H,3-7H2,1-2H3. The maximum absolute atomic E-state index is 11.2. The van der Waals surface area contributed by atoms with E-state index in [2.05, 4.69) is 13.8 Å². The minimum atomic E-state index is 0.353. The zero-order valence-electron chi connectivity index (χ0n) is 9.25. The molecule has 0 N–H and O–H groups in total. The Morgan fingerprint density at radius 3 is 2.50 bits per heavy atom. The molecular formula is C13H20O. The van der Waals surface area contributed by atoms with Gasteiger partial charge in [-0.3, -0.25) is 4.79 Å². The molecule has 0 heterocycles. The molecule has 1 heteroatoms. The predicted molar refractivity (Wildman–Crippen MR) is 58.0 cm³/mol. The van der Waals surface area contributed by atoms with Crippen LogP contribution in [-0.4, -0.2) is 5.78 Å². The summed E-state index contributed by atoms with van der Waals surface area (Å²) in [6.45, 7) is 4.71. The second kappa shape index (κ2) is 3.88. The van der Waals surface area contributed by atoms with Crippen LogP contribution in [0.25, 0.3) is 0 Å². The van der Waals surface area contributed by atoms with Crippen LogP contribution in [0.4, 0.5) is 0 Å². The van der Waals surface area contributed by atoms with E-state index in [4.69, 9.17) is 0 Å². The van der Waals surface area contributed by atoms with Crippen molar-refractivity contribution in [2.24, 2.45) is 17.8 Å². The first kappa shape index (κ1) is 9.95. The number of carbonyl (C=O) groups excluding carboxylic acids is 1. The van der Waals surface area contributed by atoms with E-state index in [0.29, 0.717) is 5.78 Å². The number of hydrogen-bond acceptors (Lipinski definition) is 1. The molecule has 0 aromatic carbocycles. The van der Waals surface area contributed by atoms with E-state index in [1.165, 1.54) is 24.8 Å². The van der Waals surface area contributed by atoms with Crippen LogP contribution in [0.2, 0.25) is 0 Å². The summed E-state index contributed by atoms with van der Waals surface area (Å²) in [6.07, 6.45) is 7.70. The molecule has 1 saturated carbocycles. The van der Waals surface area contributed by atoms with Gasteiger partial charge in [0.15, 0.2) is 5.78 Å². The van der Waals surface area contributed by atoms with E-state index >= 15 is 0 Å². The van der Waals surface area contributed by atoms with E-state index < -0.39 is 0 Å². The fraction of sp³-hybridized carbons (Fsp3) is 0.769. The molecule has 2 aliphatic rings. The van der Waals surface area contributed by atoms with Gasteiger partial charge in [0.05, 0.1) is 0 Å². The van der Waals surface area contributed by atoms with Gasteiger partial charge in [-0.05, 0) is 49.5 Å². The summed E-state index contributed by atoms with van der Waals surface area (Å²) in [5.41, 5.74) is 1.45. The molecule has 0 aliphatic heterocycles. The molecule has 1 nitrogen and oxygen atoms in total. The maximum Gasteiger partial charge on any atom is 0.155 e. The number of rotatable bonds is 1. The van der Waals surface area contributed by atoms with Crippen molar-refractivity contribution in [1.29, 1.82) is 0 Å². The van der Waals surface area contributed by atoms with E-state index in [1.807, 2.05) is 6.08 Å². The highest BCUT2D eigenvalue weighted by Crippen LogP contribution is 2.39. The lowest BCUT2D eigenvalue weighted by molar-refractivity contribution is -0.114. The molecule has 0 aromatic rings. The average molecular weight is 192 g/mol. The maximum atomic E-state index is 11.2. The summed E-state index contributed by atoms with van der Waals surface area (Å²) in [4.78, 5) is 11.2. The minimum absolute atomic E-state index is 0.353. The number of ketones is 1. The molecule has 0 aromatic heterocycles.